The van der Waals surface area contributed by atoms with Gasteiger partial charge in [-0.25, -0.2) is 9.78 Å². The van der Waals surface area contributed by atoms with E-state index in [-0.39, 0.29) is 18.2 Å². The second kappa shape index (κ2) is 5.48. The van der Waals surface area contributed by atoms with Crippen LogP contribution >= 0.6 is 0 Å². The SMILES string of the molecule is Cc1nc2cc(C(=O)OC[C@H]3CC[C@@H](C)O3)ccc2n1C. The minimum atomic E-state index is -0.316. The smallest absolute Gasteiger partial charge is 0.338 e. The van der Waals surface area contributed by atoms with Crippen LogP contribution in [0.1, 0.15) is 35.9 Å². The molecule has 0 unspecified atom stereocenters. The van der Waals surface area contributed by atoms with E-state index >= 15 is 0 Å². The highest BCUT2D eigenvalue weighted by atomic mass is 16.6. The number of nitrogens with zero attached hydrogens (tertiary/aromatic N) is 2. The Labute approximate surface area is 123 Å². The summed E-state index contributed by atoms with van der Waals surface area (Å²) in [4.78, 5) is 16.5. The van der Waals surface area contributed by atoms with E-state index in [2.05, 4.69) is 4.98 Å². The molecule has 0 spiro atoms. The van der Waals surface area contributed by atoms with Crippen LogP contribution in [0.3, 0.4) is 0 Å². The Morgan fingerprint density at radius 2 is 2.29 bits per heavy atom. The molecule has 1 fully saturated rings. The predicted molar refractivity (Wildman–Crippen MR) is 79.3 cm³/mol. The number of esters is 1. The molecule has 5 heteroatoms. The van der Waals surface area contributed by atoms with Crippen molar-refractivity contribution in [2.45, 2.75) is 38.9 Å². The summed E-state index contributed by atoms with van der Waals surface area (Å²) in [5.74, 6) is 0.604. The van der Waals surface area contributed by atoms with Gasteiger partial charge >= 0.3 is 5.97 Å². The highest BCUT2D eigenvalue weighted by Gasteiger charge is 2.23. The van der Waals surface area contributed by atoms with Gasteiger partial charge < -0.3 is 14.0 Å². The first-order chi connectivity index (χ1) is 10.0. The first-order valence-corrected chi connectivity index (χ1v) is 7.30. The second-order valence-electron chi connectivity index (χ2n) is 5.67. The first-order valence-electron chi connectivity index (χ1n) is 7.30. The van der Waals surface area contributed by atoms with Crippen molar-refractivity contribution in [2.24, 2.45) is 7.05 Å². The molecule has 0 amide bonds. The van der Waals surface area contributed by atoms with Crippen molar-refractivity contribution >= 4 is 17.0 Å². The molecule has 1 aromatic heterocycles. The van der Waals surface area contributed by atoms with E-state index in [1.54, 1.807) is 12.1 Å². The lowest BCUT2D eigenvalue weighted by atomic mass is 10.2. The Balaban J connectivity index is 1.69. The van der Waals surface area contributed by atoms with Gasteiger partial charge in [0.1, 0.15) is 12.4 Å². The zero-order valence-electron chi connectivity index (χ0n) is 12.6. The number of imidazole rings is 1. The summed E-state index contributed by atoms with van der Waals surface area (Å²) < 4.78 is 13.0. The maximum absolute atomic E-state index is 12.1. The van der Waals surface area contributed by atoms with Gasteiger partial charge in [-0.3, -0.25) is 0 Å². The average molecular weight is 288 g/mol. The van der Waals surface area contributed by atoms with E-state index in [0.717, 1.165) is 29.7 Å². The summed E-state index contributed by atoms with van der Waals surface area (Å²) in [6.07, 6.45) is 2.28. The van der Waals surface area contributed by atoms with Gasteiger partial charge in [0.2, 0.25) is 0 Å². The lowest BCUT2D eigenvalue weighted by Crippen LogP contribution is -2.19. The Kier molecular flexibility index (Phi) is 3.68. The number of ether oxygens (including phenoxy) is 2. The highest BCUT2D eigenvalue weighted by molar-refractivity contribution is 5.93. The van der Waals surface area contributed by atoms with Gasteiger partial charge in [0.05, 0.1) is 28.8 Å². The molecule has 0 bridgehead atoms. The summed E-state index contributed by atoms with van der Waals surface area (Å²) in [5.41, 5.74) is 2.36. The third kappa shape index (κ3) is 2.78. The molecule has 3 rings (SSSR count). The van der Waals surface area contributed by atoms with Crippen LogP contribution in [0.2, 0.25) is 0 Å². The van der Waals surface area contributed by atoms with Gasteiger partial charge in [-0.2, -0.15) is 0 Å². The summed E-state index contributed by atoms with van der Waals surface area (Å²) >= 11 is 0. The van der Waals surface area contributed by atoms with E-state index in [0.29, 0.717) is 12.2 Å². The number of fused-ring (bicyclic) bond motifs is 1. The van der Waals surface area contributed by atoms with Crippen molar-refractivity contribution in [3.63, 3.8) is 0 Å². The van der Waals surface area contributed by atoms with Crippen LogP contribution in [0, 0.1) is 6.92 Å². The van der Waals surface area contributed by atoms with Crippen molar-refractivity contribution in [1.29, 1.82) is 0 Å². The molecule has 0 saturated carbocycles. The van der Waals surface area contributed by atoms with Crippen LogP contribution in [0.4, 0.5) is 0 Å². The summed E-state index contributed by atoms with van der Waals surface area (Å²) in [6.45, 7) is 4.30. The molecule has 1 aromatic carbocycles. The lowest BCUT2D eigenvalue weighted by molar-refractivity contribution is -0.00265. The fourth-order valence-corrected chi connectivity index (χ4v) is 2.71. The molecule has 0 aliphatic carbocycles. The molecule has 2 atom stereocenters. The molecule has 0 radical (unpaired) electrons. The monoisotopic (exact) mass is 288 g/mol. The minimum absolute atomic E-state index is 0.0322. The van der Waals surface area contributed by atoms with E-state index in [9.17, 15) is 4.79 Å². The Morgan fingerprint density at radius 3 is 3.00 bits per heavy atom. The number of hydrogen-bond donors (Lipinski definition) is 0. The van der Waals surface area contributed by atoms with Crippen molar-refractivity contribution in [3.8, 4) is 0 Å². The lowest BCUT2D eigenvalue weighted by Gasteiger charge is -2.11. The maximum Gasteiger partial charge on any atom is 0.338 e. The molecule has 21 heavy (non-hydrogen) atoms. The zero-order valence-corrected chi connectivity index (χ0v) is 12.6. The van der Waals surface area contributed by atoms with Crippen molar-refractivity contribution in [1.82, 2.24) is 9.55 Å². The van der Waals surface area contributed by atoms with Gasteiger partial charge in [-0.05, 0) is 44.9 Å². The fourth-order valence-electron chi connectivity index (χ4n) is 2.71. The van der Waals surface area contributed by atoms with Gasteiger partial charge in [0.15, 0.2) is 0 Å². The van der Waals surface area contributed by atoms with Gasteiger partial charge in [-0.1, -0.05) is 0 Å². The van der Waals surface area contributed by atoms with Crippen molar-refractivity contribution < 1.29 is 14.3 Å². The molecule has 1 aliphatic heterocycles. The number of carbonyl (C=O) groups excluding carboxylic acids is 1. The average Bonchev–Trinajstić information content (AvgIpc) is 3.00. The quantitative estimate of drug-likeness (QED) is 0.815. The molecule has 112 valence electrons. The summed E-state index contributed by atoms with van der Waals surface area (Å²) in [7, 11) is 1.96. The van der Waals surface area contributed by atoms with Gasteiger partial charge in [0, 0.05) is 7.05 Å². The third-order valence-electron chi connectivity index (χ3n) is 4.06. The molecule has 0 N–H and O–H groups in total. The maximum atomic E-state index is 12.1. The van der Waals surface area contributed by atoms with E-state index < -0.39 is 0 Å². The predicted octanol–water partition coefficient (Wildman–Crippen LogP) is 2.61. The number of rotatable bonds is 3. The standard InChI is InChI=1S/C16H20N2O3/c1-10-4-6-13(21-10)9-20-16(19)12-5-7-15-14(8-12)17-11(2)18(15)3/h5,7-8,10,13H,4,6,9H2,1-3H3/t10-,13-/m1/s1. The van der Waals surface area contributed by atoms with Gasteiger partial charge in [-0.15, -0.1) is 0 Å². The normalized spacial score (nSPS) is 21.9. The van der Waals surface area contributed by atoms with E-state index in [1.807, 2.05) is 31.5 Å². The van der Waals surface area contributed by atoms with Crippen LogP contribution in [0.25, 0.3) is 11.0 Å². The minimum Gasteiger partial charge on any atom is -0.459 e. The third-order valence-corrected chi connectivity index (χ3v) is 4.06. The topological polar surface area (TPSA) is 53.4 Å². The summed E-state index contributed by atoms with van der Waals surface area (Å²) in [5, 5.41) is 0. The van der Waals surface area contributed by atoms with Crippen molar-refractivity contribution in [2.75, 3.05) is 6.61 Å². The fraction of sp³-hybridized carbons (Fsp3) is 0.500. The number of carbonyl (C=O) groups is 1. The summed E-state index contributed by atoms with van der Waals surface area (Å²) in [6, 6.07) is 5.47. The molecule has 1 aliphatic rings. The van der Waals surface area contributed by atoms with E-state index in [1.165, 1.54) is 0 Å². The largest absolute Gasteiger partial charge is 0.459 e. The Morgan fingerprint density at radius 1 is 1.48 bits per heavy atom. The molecule has 1 saturated heterocycles. The number of aryl methyl sites for hydroxylation is 2. The Hall–Kier alpha value is -1.88. The van der Waals surface area contributed by atoms with Crippen LogP contribution in [-0.4, -0.2) is 34.3 Å². The van der Waals surface area contributed by atoms with Crippen LogP contribution in [0.5, 0.6) is 0 Å². The molecular weight excluding hydrogens is 268 g/mol. The first kappa shape index (κ1) is 14.1. The number of aromatic nitrogens is 2. The van der Waals surface area contributed by atoms with Crippen LogP contribution < -0.4 is 0 Å². The number of benzene rings is 1. The number of hydrogen-bond acceptors (Lipinski definition) is 4. The highest BCUT2D eigenvalue weighted by Crippen LogP contribution is 2.20. The van der Waals surface area contributed by atoms with E-state index in [4.69, 9.17) is 9.47 Å². The van der Waals surface area contributed by atoms with Gasteiger partial charge in [0.25, 0.3) is 0 Å². The second-order valence-corrected chi connectivity index (χ2v) is 5.67. The zero-order chi connectivity index (χ0) is 15.0. The molecule has 2 aromatic rings. The Bertz CT molecular complexity index is 677. The molecular formula is C16H20N2O3. The molecule has 5 nitrogen and oxygen atoms in total. The molecule has 2 heterocycles. The van der Waals surface area contributed by atoms with Crippen molar-refractivity contribution in [3.05, 3.63) is 29.6 Å². The van der Waals surface area contributed by atoms with Crippen LogP contribution in [-0.2, 0) is 16.5 Å². The van der Waals surface area contributed by atoms with Crippen LogP contribution in [0.15, 0.2) is 18.2 Å².